The Morgan fingerprint density at radius 1 is 1.33 bits per heavy atom. The van der Waals surface area contributed by atoms with Gasteiger partial charge in [0.25, 0.3) is 0 Å². The van der Waals surface area contributed by atoms with Crippen LogP contribution in [0, 0.1) is 6.92 Å². The molecule has 1 amide bonds. The van der Waals surface area contributed by atoms with E-state index in [-0.39, 0.29) is 18.1 Å². The SMILES string of the molecule is Cc1csc(NC(=O)Cn2c(=O)n(C)c3ccccc32)n1. The van der Waals surface area contributed by atoms with Crippen molar-refractivity contribution in [2.24, 2.45) is 7.05 Å². The molecule has 108 valence electrons. The molecule has 0 unspecified atom stereocenters. The Bertz CT molecular complexity index is 875. The summed E-state index contributed by atoms with van der Waals surface area (Å²) < 4.78 is 3.00. The Kier molecular flexibility index (Phi) is 3.34. The third-order valence-corrected chi connectivity index (χ3v) is 4.09. The number of para-hydroxylation sites is 2. The third-order valence-electron chi connectivity index (χ3n) is 3.22. The average Bonchev–Trinajstić information content (AvgIpc) is 2.97. The number of imidazole rings is 1. The number of amides is 1. The van der Waals surface area contributed by atoms with Crippen molar-refractivity contribution in [3.63, 3.8) is 0 Å². The summed E-state index contributed by atoms with van der Waals surface area (Å²) in [4.78, 5) is 28.5. The number of hydrogen-bond acceptors (Lipinski definition) is 4. The number of carbonyl (C=O) groups is 1. The Hall–Kier alpha value is -2.41. The second kappa shape index (κ2) is 5.17. The van der Waals surface area contributed by atoms with Crippen LogP contribution in [0.25, 0.3) is 11.0 Å². The van der Waals surface area contributed by atoms with Gasteiger partial charge in [-0.1, -0.05) is 12.1 Å². The lowest BCUT2D eigenvalue weighted by Crippen LogP contribution is -2.28. The molecular formula is C14H14N4O2S. The summed E-state index contributed by atoms with van der Waals surface area (Å²) in [5, 5.41) is 5.12. The van der Waals surface area contributed by atoms with Crippen LogP contribution < -0.4 is 11.0 Å². The van der Waals surface area contributed by atoms with E-state index >= 15 is 0 Å². The van der Waals surface area contributed by atoms with Gasteiger partial charge in [-0.3, -0.25) is 13.9 Å². The fourth-order valence-electron chi connectivity index (χ4n) is 2.23. The zero-order chi connectivity index (χ0) is 15.0. The van der Waals surface area contributed by atoms with Crippen LogP contribution in [0.2, 0.25) is 0 Å². The minimum absolute atomic E-state index is 0.0290. The molecule has 0 fully saturated rings. The number of fused-ring (bicyclic) bond motifs is 1. The number of benzene rings is 1. The Balaban J connectivity index is 1.90. The summed E-state index contributed by atoms with van der Waals surface area (Å²) in [6.07, 6.45) is 0. The summed E-state index contributed by atoms with van der Waals surface area (Å²) in [6, 6.07) is 7.40. The summed E-state index contributed by atoms with van der Waals surface area (Å²) in [6.45, 7) is 1.83. The summed E-state index contributed by atoms with van der Waals surface area (Å²) in [7, 11) is 1.70. The highest BCUT2D eigenvalue weighted by atomic mass is 32.1. The first-order valence-corrected chi connectivity index (χ1v) is 7.30. The van der Waals surface area contributed by atoms with Gasteiger partial charge < -0.3 is 5.32 Å². The molecule has 0 saturated heterocycles. The van der Waals surface area contributed by atoms with E-state index in [1.807, 2.05) is 36.6 Å². The molecule has 0 saturated carbocycles. The maximum absolute atomic E-state index is 12.2. The number of nitrogens with zero attached hydrogens (tertiary/aromatic N) is 3. The topological polar surface area (TPSA) is 68.9 Å². The molecule has 0 aliphatic carbocycles. The van der Waals surface area contributed by atoms with Crippen molar-refractivity contribution in [1.82, 2.24) is 14.1 Å². The molecule has 3 aromatic rings. The Morgan fingerprint density at radius 3 is 2.71 bits per heavy atom. The van der Waals surface area contributed by atoms with Crippen LogP contribution in [0.3, 0.4) is 0 Å². The number of anilines is 1. The minimum Gasteiger partial charge on any atom is -0.300 e. The fourth-order valence-corrected chi connectivity index (χ4v) is 2.93. The zero-order valence-corrected chi connectivity index (χ0v) is 12.5. The first-order chi connectivity index (χ1) is 10.1. The smallest absolute Gasteiger partial charge is 0.300 e. The maximum atomic E-state index is 12.2. The molecule has 0 bridgehead atoms. The van der Waals surface area contributed by atoms with E-state index < -0.39 is 0 Å². The number of carbonyl (C=O) groups excluding carboxylic acids is 1. The van der Waals surface area contributed by atoms with Crippen LogP contribution in [0.4, 0.5) is 5.13 Å². The predicted molar refractivity (Wildman–Crippen MR) is 82.7 cm³/mol. The largest absolute Gasteiger partial charge is 0.329 e. The molecular weight excluding hydrogens is 288 g/mol. The number of nitrogens with one attached hydrogen (secondary N) is 1. The zero-order valence-electron chi connectivity index (χ0n) is 11.7. The highest BCUT2D eigenvalue weighted by Gasteiger charge is 2.13. The molecule has 21 heavy (non-hydrogen) atoms. The molecule has 3 rings (SSSR count). The third kappa shape index (κ3) is 2.47. The number of hydrogen-bond donors (Lipinski definition) is 1. The van der Waals surface area contributed by atoms with Crippen LogP contribution in [-0.4, -0.2) is 20.0 Å². The first-order valence-electron chi connectivity index (χ1n) is 6.42. The van der Waals surface area contributed by atoms with E-state index in [1.54, 1.807) is 7.05 Å². The van der Waals surface area contributed by atoms with Gasteiger partial charge in [-0.05, 0) is 19.1 Å². The quantitative estimate of drug-likeness (QED) is 0.801. The van der Waals surface area contributed by atoms with Crippen LogP contribution >= 0.6 is 11.3 Å². The lowest BCUT2D eigenvalue weighted by Gasteiger charge is -2.03. The molecule has 0 aliphatic heterocycles. The van der Waals surface area contributed by atoms with Gasteiger partial charge in [-0.15, -0.1) is 11.3 Å². The van der Waals surface area contributed by atoms with Gasteiger partial charge in [-0.2, -0.15) is 0 Å². The minimum atomic E-state index is -0.261. The highest BCUT2D eigenvalue weighted by Crippen LogP contribution is 2.15. The lowest BCUT2D eigenvalue weighted by molar-refractivity contribution is -0.116. The number of aromatic nitrogens is 3. The molecule has 2 aromatic heterocycles. The van der Waals surface area contributed by atoms with Crippen LogP contribution in [0.1, 0.15) is 5.69 Å². The van der Waals surface area contributed by atoms with Gasteiger partial charge in [0.15, 0.2) is 5.13 Å². The maximum Gasteiger partial charge on any atom is 0.329 e. The van der Waals surface area contributed by atoms with Crippen molar-refractivity contribution >= 4 is 33.4 Å². The molecule has 0 spiro atoms. The van der Waals surface area contributed by atoms with E-state index in [1.165, 1.54) is 20.5 Å². The molecule has 0 aliphatic rings. The van der Waals surface area contributed by atoms with Gasteiger partial charge in [0.05, 0.1) is 16.7 Å². The van der Waals surface area contributed by atoms with E-state index in [0.29, 0.717) is 5.13 Å². The number of aryl methyl sites for hydroxylation is 2. The lowest BCUT2D eigenvalue weighted by atomic mass is 10.3. The van der Waals surface area contributed by atoms with Crippen LogP contribution in [-0.2, 0) is 18.4 Å². The standard InChI is InChI=1S/C14H14N4O2S/c1-9-8-21-13(15-9)16-12(19)7-18-11-6-4-3-5-10(11)17(2)14(18)20/h3-6,8H,7H2,1-2H3,(H,15,16,19). The highest BCUT2D eigenvalue weighted by molar-refractivity contribution is 7.13. The normalized spacial score (nSPS) is 11.0. The Morgan fingerprint density at radius 2 is 2.05 bits per heavy atom. The molecule has 0 radical (unpaired) electrons. The summed E-state index contributed by atoms with van der Waals surface area (Å²) >= 11 is 1.37. The first kappa shape index (κ1) is 13.6. The number of rotatable bonds is 3. The van der Waals surface area contributed by atoms with E-state index in [4.69, 9.17) is 0 Å². The molecule has 1 aromatic carbocycles. The van der Waals surface area contributed by atoms with E-state index in [0.717, 1.165) is 16.7 Å². The molecule has 0 atom stereocenters. The molecule has 1 N–H and O–H groups in total. The fraction of sp³-hybridized carbons (Fsp3) is 0.214. The van der Waals surface area contributed by atoms with Crippen molar-refractivity contribution in [1.29, 1.82) is 0 Å². The predicted octanol–water partition coefficient (Wildman–Crippen LogP) is 1.74. The summed E-state index contributed by atoms with van der Waals surface area (Å²) in [5.74, 6) is -0.261. The number of thiazole rings is 1. The monoisotopic (exact) mass is 302 g/mol. The van der Waals surface area contributed by atoms with Gasteiger partial charge in [0.2, 0.25) is 5.91 Å². The van der Waals surface area contributed by atoms with Gasteiger partial charge >= 0.3 is 5.69 Å². The van der Waals surface area contributed by atoms with E-state index in [2.05, 4.69) is 10.3 Å². The van der Waals surface area contributed by atoms with Gasteiger partial charge in [0.1, 0.15) is 6.54 Å². The average molecular weight is 302 g/mol. The second-order valence-corrected chi connectivity index (χ2v) is 5.62. The molecule has 2 heterocycles. The second-order valence-electron chi connectivity index (χ2n) is 4.76. The van der Waals surface area contributed by atoms with Crippen LogP contribution in [0.15, 0.2) is 34.4 Å². The van der Waals surface area contributed by atoms with Crippen molar-refractivity contribution in [3.8, 4) is 0 Å². The van der Waals surface area contributed by atoms with Crippen molar-refractivity contribution < 1.29 is 4.79 Å². The molecule has 7 heteroatoms. The molecule has 6 nitrogen and oxygen atoms in total. The van der Waals surface area contributed by atoms with Crippen molar-refractivity contribution in [2.75, 3.05) is 5.32 Å². The van der Waals surface area contributed by atoms with Crippen LogP contribution in [0.5, 0.6) is 0 Å². The summed E-state index contributed by atoms with van der Waals surface area (Å²) in [5.41, 5.74) is 2.20. The Labute approximate surface area is 124 Å². The van der Waals surface area contributed by atoms with Gasteiger partial charge in [-0.25, -0.2) is 9.78 Å². The van der Waals surface area contributed by atoms with Gasteiger partial charge in [0, 0.05) is 12.4 Å². The van der Waals surface area contributed by atoms with E-state index in [9.17, 15) is 9.59 Å². The van der Waals surface area contributed by atoms with Crippen molar-refractivity contribution in [2.45, 2.75) is 13.5 Å². The van der Waals surface area contributed by atoms with Crippen molar-refractivity contribution in [3.05, 3.63) is 45.8 Å².